The Hall–Kier alpha value is -1.43. The number of amides is 1. The number of hydrogen-bond donors (Lipinski definition) is 1. The Morgan fingerprint density at radius 2 is 1.70 bits per heavy atom. The molecule has 0 radical (unpaired) electrons. The summed E-state index contributed by atoms with van der Waals surface area (Å²) < 4.78 is 0. The number of carbonyl (C=O) groups excluding carboxylic acids is 1. The predicted molar refractivity (Wildman–Crippen MR) is 140 cm³/mol. The average molecular weight is 499 g/mol. The van der Waals surface area contributed by atoms with E-state index in [1.807, 2.05) is 6.92 Å². The minimum absolute atomic E-state index is 0.0898. The highest BCUT2D eigenvalue weighted by Gasteiger charge is 2.75. The highest BCUT2D eigenvalue weighted by Crippen LogP contribution is 2.75. The normalized spacial score (nSPS) is 21.7. The number of pyridine rings is 1. The Morgan fingerprint density at radius 1 is 1.06 bits per heavy atom. The van der Waals surface area contributed by atoms with Gasteiger partial charge in [0, 0.05) is 21.9 Å². The number of hydrogen-bond acceptors (Lipinski definition) is 4. The minimum atomic E-state index is 0.0898. The van der Waals surface area contributed by atoms with Crippen molar-refractivity contribution in [2.45, 2.75) is 84.1 Å². The van der Waals surface area contributed by atoms with E-state index in [4.69, 9.17) is 16.6 Å². The monoisotopic (exact) mass is 498 g/mol. The Balaban J connectivity index is 1.42. The van der Waals surface area contributed by atoms with E-state index in [1.165, 1.54) is 75.5 Å². The third kappa shape index (κ3) is 3.18. The maximum absolute atomic E-state index is 14.0. The summed E-state index contributed by atoms with van der Waals surface area (Å²) in [6.07, 6.45) is 13.1. The molecule has 3 fully saturated rings. The van der Waals surface area contributed by atoms with Crippen molar-refractivity contribution in [1.82, 2.24) is 10.3 Å². The lowest BCUT2D eigenvalue weighted by molar-refractivity contribution is 0.0944. The number of halogens is 1. The van der Waals surface area contributed by atoms with Crippen LogP contribution < -0.4 is 5.32 Å². The zero-order chi connectivity index (χ0) is 22.8. The van der Waals surface area contributed by atoms with Crippen LogP contribution in [0.25, 0.3) is 20.7 Å². The summed E-state index contributed by atoms with van der Waals surface area (Å²) in [6, 6.07) is 4.50. The number of rotatable bonds is 3. The zero-order valence-corrected chi connectivity index (χ0v) is 21.8. The maximum atomic E-state index is 14.0. The molecule has 6 rings (SSSR count). The summed E-state index contributed by atoms with van der Waals surface area (Å²) in [5, 5.41) is 7.44. The third-order valence-electron chi connectivity index (χ3n) is 8.94. The molecule has 3 nitrogen and oxygen atoms in total. The number of thiophene rings is 2. The van der Waals surface area contributed by atoms with Crippen molar-refractivity contribution >= 4 is 50.4 Å². The fourth-order valence-corrected chi connectivity index (χ4v) is 9.58. The molecule has 0 atom stereocenters. The van der Waals surface area contributed by atoms with E-state index in [1.54, 1.807) is 11.3 Å². The van der Waals surface area contributed by atoms with Crippen molar-refractivity contribution in [1.29, 1.82) is 0 Å². The zero-order valence-electron chi connectivity index (χ0n) is 19.4. The van der Waals surface area contributed by atoms with Crippen molar-refractivity contribution in [3.05, 3.63) is 38.7 Å². The molecule has 3 aromatic rings. The Labute approximate surface area is 209 Å². The number of nitrogens with one attached hydrogen (secondary N) is 1. The SMILES string of the molecule is Cc1nc2sc(C(=O)NC3C4(CCCCC4)C34CCCCC4)c(-c3cccs3)c2c(C)c1Cl. The van der Waals surface area contributed by atoms with Crippen molar-refractivity contribution in [3.63, 3.8) is 0 Å². The van der Waals surface area contributed by atoms with Gasteiger partial charge in [0.25, 0.3) is 5.91 Å². The molecule has 3 aliphatic carbocycles. The van der Waals surface area contributed by atoms with Gasteiger partial charge in [-0.15, -0.1) is 22.7 Å². The van der Waals surface area contributed by atoms with Crippen LogP contribution >= 0.6 is 34.3 Å². The van der Waals surface area contributed by atoms with Crippen LogP contribution in [0, 0.1) is 24.7 Å². The summed E-state index contributed by atoms with van der Waals surface area (Å²) in [4.78, 5) is 21.6. The molecule has 3 saturated carbocycles. The van der Waals surface area contributed by atoms with Crippen LogP contribution in [-0.2, 0) is 0 Å². The van der Waals surface area contributed by atoms with E-state index >= 15 is 0 Å². The van der Waals surface area contributed by atoms with Crippen LogP contribution in [0.4, 0.5) is 0 Å². The number of carbonyl (C=O) groups is 1. The van der Waals surface area contributed by atoms with Gasteiger partial charge in [0.05, 0.1) is 10.7 Å². The largest absolute Gasteiger partial charge is 0.347 e. The second kappa shape index (κ2) is 8.07. The molecule has 2 spiro atoms. The van der Waals surface area contributed by atoms with Crippen molar-refractivity contribution in [2.75, 3.05) is 0 Å². The molecule has 3 aliphatic rings. The summed E-state index contributed by atoms with van der Waals surface area (Å²) in [6.45, 7) is 4.00. The molecule has 6 heteroatoms. The first kappa shape index (κ1) is 22.1. The molecule has 0 bridgehead atoms. The molecule has 0 aliphatic heterocycles. The first-order valence-corrected chi connectivity index (χ1v) is 14.5. The number of aryl methyl sites for hydroxylation is 2. The molecule has 0 saturated heterocycles. The third-order valence-corrected chi connectivity index (χ3v) is 11.5. The van der Waals surface area contributed by atoms with Crippen molar-refractivity contribution in [2.24, 2.45) is 10.8 Å². The highest BCUT2D eigenvalue weighted by molar-refractivity contribution is 7.22. The van der Waals surface area contributed by atoms with Gasteiger partial charge in [-0.1, -0.05) is 56.2 Å². The van der Waals surface area contributed by atoms with E-state index < -0.39 is 0 Å². The van der Waals surface area contributed by atoms with E-state index in [0.717, 1.165) is 36.8 Å². The molecule has 3 aromatic heterocycles. The Bertz CT molecular complexity index is 1190. The standard InChI is InChI=1S/C27H31ClN2OS2/c1-16-19-20(18-10-9-15-32-18)22(33-24(19)29-17(2)21(16)28)23(31)30-25-26(11-5-3-6-12-26)27(25)13-7-4-8-14-27/h9-10,15,25H,3-8,11-14H2,1-2H3,(H,30,31). The van der Waals surface area contributed by atoms with Crippen LogP contribution in [0.15, 0.2) is 17.5 Å². The fraction of sp³-hybridized carbons (Fsp3) is 0.556. The Kier molecular flexibility index (Phi) is 5.39. The summed E-state index contributed by atoms with van der Waals surface area (Å²) in [7, 11) is 0. The minimum Gasteiger partial charge on any atom is -0.347 e. The molecule has 33 heavy (non-hydrogen) atoms. The van der Waals surface area contributed by atoms with Gasteiger partial charge in [0.15, 0.2) is 0 Å². The summed E-state index contributed by atoms with van der Waals surface area (Å²) >= 11 is 9.82. The van der Waals surface area contributed by atoms with Crippen LogP contribution in [0.3, 0.4) is 0 Å². The lowest BCUT2D eigenvalue weighted by atomic mass is 9.73. The van der Waals surface area contributed by atoms with Crippen molar-refractivity contribution < 1.29 is 4.79 Å². The van der Waals surface area contributed by atoms with Crippen LogP contribution in [0.1, 0.15) is 85.1 Å². The maximum Gasteiger partial charge on any atom is 0.262 e. The lowest BCUT2D eigenvalue weighted by Gasteiger charge is -2.31. The lowest BCUT2D eigenvalue weighted by Crippen LogP contribution is -2.31. The van der Waals surface area contributed by atoms with Crippen LogP contribution in [-0.4, -0.2) is 16.9 Å². The summed E-state index contributed by atoms with van der Waals surface area (Å²) in [5.41, 5.74) is 3.56. The smallest absolute Gasteiger partial charge is 0.262 e. The average Bonchev–Trinajstić information content (AvgIpc) is 3.30. The molecule has 3 heterocycles. The van der Waals surface area contributed by atoms with Gasteiger partial charge in [-0.2, -0.15) is 0 Å². The molecule has 1 amide bonds. The number of nitrogens with zero attached hydrogens (tertiary/aromatic N) is 1. The van der Waals surface area contributed by atoms with Gasteiger partial charge >= 0.3 is 0 Å². The van der Waals surface area contributed by atoms with E-state index in [0.29, 0.717) is 21.9 Å². The first-order valence-electron chi connectivity index (χ1n) is 12.4. The molecule has 174 valence electrons. The van der Waals surface area contributed by atoms with E-state index in [2.05, 4.69) is 29.8 Å². The van der Waals surface area contributed by atoms with Gasteiger partial charge < -0.3 is 5.32 Å². The van der Waals surface area contributed by atoms with Gasteiger partial charge in [0.1, 0.15) is 9.71 Å². The topological polar surface area (TPSA) is 42.0 Å². The number of fused-ring (bicyclic) bond motifs is 2. The van der Waals surface area contributed by atoms with E-state index in [9.17, 15) is 4.79 Å². The molecule has 0 aromatic carbocycles. The first-order chi connectivity index (χ1) is 16.0. The van der Waals surface area contributed by atoms with Crippen LogP contribution in [0.5, 0.6) is 0 Å². The van der Waals surface area contributed by atoms with Crippen LogP contribution in [0.2, 0.25) is 5.02 Å². The van der Waals surface area contributed by atoms with Gasteiger partial charge in [-0.3, -0.25) is 4.79 Å². The van der Waals surface area contributed by atoms with Crippen molar-refractivity contribution in [3.8, 4) is 10.4 Å². The van der Waals surface area contributed by atoms with Gasteiger partial charge in [0.2, 0.25) is 0 Å². The molecule has 1 N–H and O–H groups in total. The number of aromatic nitrogens is 1. The molecular formula is C27H31ClN2OS2. The van der Waals surface area contributed by atoms with Gasteiger partial charge in [-0.25, -0.2) is 4.98 Å². The second-order valence-electron chi connectivity index (χ2n) is 10.4. The molecule has 0 unspecified atom stereocenters. The second-order valence-corrected chi connectivity index (χ2v) is 12.8. The summed E-state index contributed by atoms with van der Waals surface area (Å²) in [5.74, 6) is 0.0898. The Morgan fingerprint density at radius 3 is 2.27 bits per heavy atom. The molecular weight excluding hydrogens is 468 g/mol. The predicted octanol–water partition coefficient (Wildman–Crippen LogP) is 8.31. The highest BCUT2D eigenvalue weighted by atomic mass is 35.5. The fourth-order valence-electron chi connectivity index (χ4n) is 7.39. The van der Waals surface area contributed by atoms with E-state index in [-0.39, 0.29) is 5.91 Å². The quantitative estimate of drug-likeness (QED) is 0.394. The van der Waals surface area contributed by atoms with Gasteiger partial charge in [-0.05, 0) is 67.4 Å².